The van der Waals surface area contributed by atoms with E-state index in [0.29, 0.717) is 25.1 Å². The molecule has 0 saturated carbocycles. The smallest absolute Gasteiger partial charge is 0.255 e. The predicted molar refractivity (Wildman–Crippen MR) is 151 cm³/mol. The molecule has 0 unspecified atom stereocenters. The molecule has 1 aliphatic heterocycles. The number of carbonyl (C=O) groups excluding carboxylic acids is 4. The van der Waals surface area contributed by atoms with Gasteiger partial charge in [0.2, 0.25) is 17.7 Å². The Morgan fingerprint density at radius 2 is 1.69 bits per heavy atom. The number of rotatable bonds is 10. The highest BCUT2D eigenvalue weighted by molar-refractivity contribution is 6.01. The number of fused-ring (bicyclic) bond motifs is 1. The molecule has 10 heteroatoms. The first-order valence-corrected chi connectivity index (χ1v) is 14.0. The zero-order chi connectivity index (χ0) is 28.9. The molecule has 1 heterocycles. The third kappa shape index (κ3) is 11.6. The summed E-state index contributed by atoms with van der Waals surface area (Å²) in [4.78, 5) is 54.8. The quantitative estimate of drug-likeness (QED) is 0.333. The number of nitrogens with one attached hydrogen (secondary N) is 4. The Bertz CT molecular complexity index is 965. The van der Waals surface area contributed by atoms with Crippen LogP contribution in [0.15, 0.2) is 24.3 Å². The summed E-state index contributed by atoms with van der Waals surface area (Å²) in [6, 6.07) is 4.57. The van der Waals surface area contributed by atoms with Gasteiger partial charge in [0.1, 0.15) is 24.4 Å². The minimum absolute atomic E-state index is 0.146. The minimum atomic E-state index is -1.11. The molecule has 1 aromatic carbocycles. The highest BCUT2D eigenvalue weighted by Gasteiger charge is 2.30. The Morgan fingerprint density at radius 3 is 2.36 bits per heavy atom. The lowest BCUT2D eigenvalue weighted by Gasteiger charge is -2.27. The normalized spacial score (nSPS) is 20.9. The molecule has 1 aliphatic rings. The molecule has 0 bridgehead atoms. The Morgan fingerprint density at radius 1 is 1.00 bits per heavy atom. The zero-order valence-corrected chi connectivity index (χ0v) is 24.3. The van der Waals surface area contributed by atoms with Crippen LogP contribution in [0.1, 0.15) is 70.2 Å². The molecule has 0 saturated heterocycles. The second kappa shape index (κ2) is 16.1. The van der Waals surface area contributed by atoms with Gasteiger partial charge in [0.25, 0.3) is 5.91 Å². The Balaban J connectivity index is 2.31. The summed E-state index contributed by atoms with van der Waals surface area (Å²) in [5.41, 5.74) is 0.256. The van der Waals surface area contributed by atoms with E-state index >= 15 is 0 Å². The average molecular weight is 546 g/mol. The average Bonchev–Trinajstić information content (AvgIpc) is 2.85. The maximum atomic E-state index is 13.3. The Kier molecular flexibility index (Phi) is 13.2. The fourth-order valence-corrected chi connectivity index (χ4v) is 4.48. The van der Waals surface area contributed by atoms with Crippen molar-refractivity contribution in [2.45, 2.75) is 77.9 Å². The van der Waals surface area contributed by atoms with Crippen LogP contribution in [0.3, 0.4) is 0 Å². The van der Waals surface area contributed by atoms with Crippen molar-refractivity contribution in [3.8, 4) is 5.75 Å². The van der Waals surface area contributed by atoms with Crippen LogP contribution in [-0.2, 0) is 14.4 Å². The van der Waals surface area contributed by atoms with Crippen molar-refractivity contribution < 1.29 is 23.9 Å². The number of hydrogen-bond acceptors (Lipinski definition) is 6. The van der Waals surface area contributed by atoms with Gasteiger partial charge in [-0.2, -0.15) is 0 Å². The van der Waals surface area contributed by atoms with Crippen molar-refractivity contribution in [1.29, 1.82) is 0 Å². The van der Waals surface area contributed by atoms with E-state index in [4.69, 9.17) is 4.74 Å². The molecule has 0 aliphatic carbocycles. The minimum Gasteiger partial charge on any atom is -0.491 e. The highest BCUT2D eigenvalue weighted by atomic mass is 16.5. The molecule has 10 nitrogen and oxygen atoms in total. The number of para-hydroxylation sites is 1. The summed E-state index contributed by atoms with van der Waals surface area (Å²) < 4.78 is 6.04. The number of unbranched alkanes of at least 4 members (excludes halogenated alkanes) is 1. The van der Waals surface area contributed by atoms with Gasteiger partial charge in [0, 0.05) is 6.54 Å². The van der Waals surface area contributed by atoms with Crippen LogP contribution in [0.25, 0.3) is 0 Å². The summed E-state index contributed by atoms with van der Waals surface area (Å²) in [6.07, 6.45) is 2.47. The Hall–Kier alpha value is -3.14. The maximum Gasteiger partial charge on any atom is 0.255 e. The number of carbonyl (C=O) groups is 4. The summed E-state index contributed by atoms with van der Waals surface area (Å²) in [6.45, 7) is 9.54. The molecule has 0 aromatic heterocycles. The lowest BCUT2D eigenvalue weighted by molar-refractivity contribution is -0.131. The summed E-state index contributed by atoms with van der Waals surface area (Å²) in [5.74, 6) is -0.944. The number of ether oxygens (including phenoxy) is 1. The van der Waals surface area contributed by atoms with Crippen LogP contribution in [0, 0.1) is 11.8 Å². The number of amides is 4. The topological polar surface area (TPSA) is 129 Å². The van der Waals surface area contributed by atoms with Crippen molar-refractivity contribution in [3.05, 3.63) is 29.8 Å². The van der Waals surface area contributed by atoms with Crippen molar-refractivity contribution in [2.24, 2.45) is 11.8 Å². The molecule has 4 N–H and O–H groups in total. The second-order valence-corrected chi connectivity index (χ2v) is 11.4. The third-order valence-corrected chi connectivity index (χ3v) is 6.38. The van der Waals surface area contributed by atoms with Crippen LogP contribution >= 0.6 is 0 Å². The van der Waals surface area contributed by atoms with Gasteiger partial charge >= 0.3 is 0 Å². The van der Waals surface area contributed by atoms with Gasteiger partial charge in [-0.1, -0.05) is 39.8 Å². The van der Waals surface area contributed by atoms with E-state index in [9.17, 15) is 19.2 Å². The van der Waals surface area contributed by atoms with Gasteiger partial charge in [0.05, 0.1) is 18.0 Å². The van der Waals surface area contributed by atoms with Crippen molar-refractivity contribution in [3.63, 3.8) is 0 Å². The Labute approximate surface area is 233 Å². The molecule has 3 atom stereocenters. The first-order chi connectivity index (χ1) is 18.5. The van der Waals surface area contributed by atoms with Crippen LogP contribution in [0.4, 0.5) is 0 Å². The monoisotopic (exact) mass is 545 g/mol. The molecule has 4 amide bonds. The van der Waals surface area contributed by atoms with E-state index in [1.807, 2.05) is 27.9 Å². The molecule has 39 heavy (non-hydrogen) atoms. The molecule has 1 aromatic rings. The van der Waals surface area contributed by atoms with E-state index in [1.165, 1.54) is 0 Å². The van der Waals surface area contributed by atoms with Gasteiger partial charge < -0.3 is 30.9 Å². The van der Waals surface area contributed by atoms with Crippen LogP contribution in [0.2, 0.25) is 0 Å². The molecule has 2 rings (SSSR count). The fourth-order valence-electron chi connectivity index (χ4n) is 4.48. The fraction of sp³-hybridized carbons (Fsp3) is 0.655. The first-order valence-electron chi connectivity index (χ1n) is 14.0. The second-order valence-electron chi connectivity index (χ2n) is 11.4. The van der Waals surface area contributed by atoms with Crippen LogP contribution < -0.4 is 26.0 Å². The molecular formula is C29H47N5O5. The van der Waals surface area contributed by atoms with Gasteiger partial charge in [-0.05, 0) is 70.3 Å². The molecule has 218 valence electrons. The summed E-state index contributed by atoms with van der Waals surface area (Å²) in [5, 5.41) is 11.4. The summed E-state index contributed by atoms with van der Waals surface area (Å²) >= 11 is 0. The van der Waals surface area contributed by atoms with Crippen molar-refractivity contribution in [1.82, 2.24) is 26.2 Å². The highest BCUT2D eigenvalue weighted by Crippen LogP contribution is 2.20. The van der Waals surface area contributed by atoms with Gasteiger partial charge in [0.15, 0.2) is 0 Å². The van der Waals surface area contributed by atoms with Crippen LogP contribution in [0.5, 0.6) is 5.75 Å². The SMILES string of the molecule is CC(C)C[C@@H]1COc2ccccc2C(=O)N[C@H](C(=O)NCCCCN(C)C)CC(=O)N[C@H](CC(C)C)C(=O)N1. The lowest BCUT2D eigenvalue weighted by Crippen LogP contribution is -2.54. The largest absolute Gasteiger partial charge is 0.491 e. The number of nitrogens with zero attached hydrogens (tertiary/aromatic N) is 1. The van der Waals surface area contributed by atoms with Crippen molar-refractivity contribution >= 4 is 23.6 Å². The van der Waals surface area contributed by atoms with E-state index in [1.54, 1.807) is 24.3 Å². The standard InChI is InChI=1S/C29H47N5O5/c1-19(2)15-21-18-39-25-12-8-7-11-22(25)27(36)33-24(28(37)30-13-9-10-14-34(5)6)17-26(35)32-23(16-20(3)4)29(38)31-21/h7-8,11-12,19-21,23-24H,9-10,13-18H2,1-6H3,(H,30,37)(H,31,38)(H,32,35)(H,33,36)/t21-,23-,24+/m1/s1. The molecule has 0 fully saturated rings. The van der Waals surface area contributed by atoms with Gasteiger partial charge in [-0.25, -0.2) is 0 Å². The molecule has 0 radical (unpaired) electrons. The molecule has 0 spiro atoms. The maximum absolute atomic E-state index is 13.3. The summed E-state index contributed by atoms with van der Waals surface area (Å²) in [7, 11) is 3.97. The number of hydrogen-bond donors (Lipinski definition) is 4. The van der Waals surface area contributed by atoms with E-state index in [2.05, 4.69) is 40.0 Å². The molecular weight excluding hydrogens is 498 g/mol. The van der Waals surface area contributed by atoms with Crippen molar-refractivity contribution in [2.75, 3.05) is 33.8 Å². The lowest BCUT2D eigenvalue weighted by atomic mass is 10.00. The van der Waals surface area contributed by atoms with Gasteiger partial charge in [-0.3, -0.25) is 19.2 Å². The third-order valence-electron chi connectivity index (χ3n) is 6.38. The van der Waals surface area contributed by atoms with Gasteiger partial charge in [-0.15, -0.1) is 0 Å². The van der Waals surface area contributed by atoms with Crippen LogP contribution in [-0.4, -0.2) is 80.4 Å². The first kappa shape index (κ1) is 32.1. The zero-order valence-electron chi connectivity index (χ0n) is 24.3. The van der Waals surface area contributed by atoms with E-state index in [0.717, 1.165) is 19.4 Å². The number of benzene rings is 1. The predicted octanol–water partition coefficient (Wildman–Crippen LogP) is 2.09. The van der Waals surface area contributed by atoms with E-state index < -0.39 is 29.8 Å². The van der Waals surface area contributed by atoms with E-state index in [-0.39, 0.29) is 42.4 Å².